The average molecular weight is 321 g/mol. The number of aromatic nitrogens is 2. The second kappa shape index (κ2) is 5.12. The van der Waals surface area contributed by atoms with Gasteiger partial charge in [0.15, 0.2) is 5.82 Å². The number of hydrogen-bond donors (Lipinski definition) is 2. The molecule has 0 spiro atoms. The predicted octanol–water partition coefficient (Wildman–Crippen LogP) is 1.50. The molecular formula is C10H13ClN4O2S2. The largest absolute Gasteiger partial charge is 0.381 e. The third-order valence-corrected chi connectivity index (χ3v) is 5.44. The molecule has 2 aromatic heterocycles. The number of rotatable bonds is 4. The maximum absolute atomic E-state index is 12.2. The van der Waals surface area contributed by atoms with Gasteiger partial charge in [0.05, 0.1) is 10.0 Å². The fraction of sp³-hybridized carbons (Fsp3) is 0.300. The van der Waals surface area contributed by atoms with E-state index >= 15 is 0 Å². The molecule has 0 saturated heterocycles. The highest BCUT2D eigenvalue weighted by atomic mass is 35.5. The molecule has 9 heteroatoms. The van der Waals surface area contributed by atoms with Crippen LogP contribution >= 0.6 is 22.9 Å². The van der Waals surface area contributed by atoms with Gasteiger partial charge in [-0.1, -0.05) is 11.6 Å². The van der Waals surface area contributed by atoms with Crippen molar-refractivity contribution in [2.75, 3.05) is 5.73 Å². The van der Waals surface area contributed by atoms with Crippen molar-refractivity contribution in [1.29, 1.82) is 0 Å². The quantitative estimate of drug-likeness (QED) is 0.893. The molecule has 0 unspecified atom stereocenters. The first-order valence-electron chi connectivity index (χ1n) is 5.34. The number of thiophene rings is 1. The molecule has 0 fully saturated rings. The summed E-state index contributed by atoms with van der Waals surface area (Å²) in [5.41, 5.74) is 6.13. The van der Waals surface area contributed by atoms with Gasteiger partial charge in [-0.3, -0.25) is 4.68 Å². The van der Waals surface area contributed by atoms with Crippen LogP contribution in [0.25, 0.3) is 0 Å². The van der Waals surface area contributed by atoms with E-state index in [0.717, 1.165) is 4.88 Å². The third-order valence-electron chi connectivity index (χ3n) is 2.64. The van der Waals surface area contributed by atoms with Gasteiger partial charge >= 0.3 is 0 Å². The molecule has 0 aromatic carbocycles. The van der Waals surface area contributed by atoms with Crippen LogP contribution in [0.1, 0.15) is 10.6 Å². The van der Waals surface area contributed by atoms with Crippen LogP contribution in [0, 0.1) is 6.92 Å². The summed E-state index contributed by atoms with van der Waals surface area (Å²) in [5, 5.41) is 3.89. The maximum Gasteiger partial charge on any atom is 0.246 e. The molecule has 104 valence electrons. The Morgan fingerprint density at radius 1 is 1.53 bits per heavy atom. The van der Waals surface area contributed by atoms with Crippen LogP contribution in [-0.4, -0.2) is 18.2 Å². The lowest BCUT2D eigenvalue weighted by atomic mass is 10.5. The molecule has 0 radical (unpaired) electrons. The van der Waals surface area contributed by atoms with Gasteiger partial charge in [-0.05, 0) is 19.1 Å². The van der Waals surface area contributed by atoms with E-state index in [1.165, 1.54) is 16.0 Å². The van der Waals surface area contributed by atoms with Crippen molar-refractivity contribution < 1.29 is 8.42 Å². The summed E-state index contributed by atoms with van der Waals surface area (Å²) in [6, 6.07) is 3.49. The van der Waals surface area contributed by atoms with E-state index in [-0.39, 0.29) is 17.3 Å². The minimum absolute atomic E-state index is 0.00304. The summed E-state index contributed by atoms with van der Waals surface area (Å²) < 4.78 is 28.9. The lowest BCUT2D eigenvalue weighted by Crippen LogP contribution is -2.24. The van der Waals surface area contributed by atoms with Crippen molar-refractivity contribution in [3.63, 3.8) is 0 Å². The Bertz CT molecular complexity index is 705. The highest BCUT2D eigenvalue weighted by Crippen LogP contribution is 2.24. The monoisotopic (exact) mass is 320 g/mol. The Kier molecular flexibility index (Phi) is 3.86. The van der Waals surface area contributed by atoms with Gasteiger partial charge in [0.1, 0.15) is 4.90 Å². The summed E-state index contributed by atoms with van der Waals surface area (Å²) >= 11 is 7.11. The number of sulfonamides is 1. The van der Waals surface area contributed by atoms with Crippen molar-refractivity contribution in [1.82, 2.24) is 14.5 Å². The standard InChI is InChI=1S/C10H13ClN4O2S2/c1-6-9(10(12)14-15(6)2)19(16,17)13-5-7-3-4-8(11)18-7/h3-4,13H,5H2,1-2H3,(H2,12,14). The first-order valence-corrected chi connectivity index (χ1v) is 8.02. The number of nitrogens with two attached hydrogens (primary N) is 1. The number of hydrogen-bond acceptors (Lipinski definition) is 5. The summed E-state index contributed by atoms with van der Waals surface area (Å²) in [4.78, 5) is 0.853. The van der Waals surface area contributed by atoms with Crippen LogP contribution in [-0.2, 0) is 23.6 Å². The van der Waals surface area contributed by atoms with Crippen molar-refractivity contribution in [3.05, 3.63) is 27.0 Å². The van der Waals surface area contributed by atoms with Gasteiger partial charge in [-0.25, -0.2) is 13.1 Å². The van der Waals surface area contributed by atoms with Crippen LogP contribution in [0.5, 0.6) is 0 Å². The topological polar surface area (TPSA) is 90.0 Å². The van der Waals surface area contributed by atoms with E-state index in [1.807, 2.05) is 0 Å². The summed E-state index contributed by atoms with van der Waals surface area (Å²) in [5.74, 6) is -0.00304. The molecule has 2 heterocycles. The molecule has 0 aliphatic rings. The molecule has 0 bridgehead atoms. The number of nitrogens with one attached hydrogen (secondary N) is 1. The van der Waals surface area contributed by atoms with Crippen molar-refractivity contribution >= 4 is 38.8 Å². The molecule has 0 saturated carbocycles. The number of aryl methyl sites for hydroxylation is 1. The maximum atomic E-state index is 12.2. The minimum atomic E-state index is -3.68. The van der Waals surface area contributed by atoms with Gasteiger partial charge in [0.2, 0.25) is 10.0 Å². The molecule has 2 aromatic rings. The molecule has 0 amide bonds. The van der Waals surface area contributed by atoms with Crippen LogP contribution in [0.4, 0.5) is 5.82 Å². The van der Waals surface area contributed by atoms with E-state index in [2.05, 4.69) is 9.82 Å². The second-order valence-electron chi connectivity index (χ2n) is 3.95. The molecular weight excluding hydrogens is 308 g/mol. The third kappa shape index (κ3) is 2.92. The zero-order chi connectivity index (χ0) is 14.2. The number of nitrogens with zero attached hydrogens (tertiary/aromatic N) is 2. The Balaban J connectivity index is 2.23. The Morgan fingerprint density at radius 3 is 2.68 bits per heavy atom. The normalized spacial score (nSPS) is 11.9. The lowest BCUT2D eigenvalue weighted by Gasteiger charge is -2.05. The Labute approximate surface area is 120 Å². The van der Waals surface area contributed by atoms with Crippen LogP contribution < -0.4 is 10.5 Å². The van der Waals surface area contributed by atoms with Crippen molar-refractivity contribution in [3.8, 4) is 0 Å². The lowest BCUT2D eigenvalue weighted by molar-refractivity contribution is 0.581. The Hall–Kier alpha value is -1.09. The van der Waals surface area contributed by atoms with Gasteiger partial charge in [0.25, 0.3) is 0 Å². The molecule has 0 atom stereocenters. The number of halogens is 1. The number of nitrogen functional groups attached to an aromatic ring is 1. The molecule has 19 heavy (non-hydrogen) atoms. The smallest absolute Gasteiger partial charge is 0.246 e. The van der Waals surface area contributed by atoms with E-state index in [0.29, 0.717) is 10.0 Å². The summed E-state index contributed by atoms with van der Waals surface area (Å²) in [6.07, 6.45) is 0. The Morgan fingerprint density at radius 2 is 2.21 bits per heavy atom. The fourth-order valence-corrected chi connectivity index (χ4v) is 4.08. The minimum Gasteiger partial charge on any atom is -0.381 e. The van der Waals surface area contributed by atoms with E-state index < -0.39 is 10.0 Å². The van der Waals surface area contributed by atoms with Gasteiger partial charge in [0, 0.05) is 18.5 Å². The highest BCUT2D eigenvalue weighted by molar-refractivity contribution is 7.89. The van der Waals surface area contributed by atoms with E-state index in [9.17, 15) is 8.42 Å². The SMILES string of the molecule is Cc1c(S(=O)(=O)NCc2ccc(Cl)s2)c(N)nn1C. The van der Waals surface area contributed by atoms with Crippen molar-refractivity contribution in [2.45, 2.75) is 18.4 Å². The van der Waals surface area contributed by atoms with E-state index in [1.54, 1.807) is 26.1 Å². The molecule has 2 rings (SSSR count). The highest BCUT2D eigenvalue weighted by Gasteiger charge is 2.24. The molecule has 6 nitrogen and oxygen atoms in total. The first kappa shape index (κ1) is 14.3. The summed E-state index contributed by atoms with van der Waals surface area (Å²) in [7, 11) is -2.04. The van der Waals surface area contributed by atoms with Gasteiger partial charge < -0.3 is 5.73 Å². The van der Waals surface area contributed by atoms with Crippen molar-refractivity contribution in [2.24, 2.45) is 7.05 Å². The molecule has 0 aliphatic heterocycles. The zero-order valence-corrected chi connectivity index (χ0v) is 12.7. The van der Waals surface area contributed by atoms with E-state index in [4.69, 9.17) is 17.3 Å². The summed E-state index contributed by atoms with van der Waals surface area (Å²) in [6.45, 7) is 1.83. The van der Waals surface area contributed by atoms with Crippen LogP contribution in [0.15, 0.2) is 17.0 Å². The predicted molar refractivity (Wildman–Crippen MR) is 75.7 cm³/mol. The fourth-order valence-electron chi connectivity index (χ4n) is 1.63. The molecule has 3 N–H and O–H groups in total. The van der Waals surface area contributed by atoms with Gasteiger partial charge in [-0.2, -0.15) is 5.10 Å². The number of anilines is 1. The molecule has 0 aliphatic carbocycles. The average Bonchev–Trinajstić information content (AvgIpc) is 2.82. The zero-order valence-electron chi connectivity index (χ0n) is 10.3. The van der Waals surface area contributed by atoms with Gasteiger partial charge in [-0.15, -0.1) is 11.3 Å². The van der Waals surface area contributed by atoms with Crippen LogP contribution in [0.3, 0.4) is 0 Å². The second-order valence-corrected chi connectivity index (χ2v) is 7.46. The van der Waals surface area contributed by atoms with Crippen LogP contribution in [0.2, 0.25) is 4.34 Å². The first-order chi connectivity index (χ1) is 8.81.